The van der Waals surface area contributed by atoms with E-state index in [0.29, 0.717) is 22.4 Å². The van der Waals surface area contributed by atoms with Crippen molar-refractivity contribution in [3.8, 4) is 22.6 Å². The third-order valence-corrected chi connectivity index (χ3v) is 6.16. The molecule has 6 nitrogen and oxygen atoms in total. The highest BCUT2D eigenvalue weighted by Crippen LogP contribution is 2.36. The van der Waals surface area contributed by atoms with Gasteiger partial charge in [0, 0.05) is 11.0 Å². The maximum Gasteiger partial charge on any atom is 0.336 e. The van der Waals surface area contributed by atoms with Crippen LogP contribution in [0.15, 0.2) is 89.8 Å². The highest BCUT2D eigenvalue weighted by atomic mass is 32.2. The second kappa shape index (κ2) is 10.9. The summed E-state index contributed by atoms with van der Waals surface area (Å²) in [6.07, 6.45) is 5.07. The molecular formula is C28H20FNO5S. The molecule has 0 saturated heterocycles. The first-order valence-corrected chi connectivity index (χ1v) is 12.0. The van der Waals surface area contributed by atoms with E-state index in [-0.39, 0.29) is 22.8 Å². The van der Waals surface area contributed by atoms with Crippen LogP contribution < -0.4 is 4.74 Å². The minimum Gasteiger partial charge on any atom is -0.478 e. The number of para-hydroxylation sites is 1. The minimum absolute atomic E-state index is 0.0697. The molecule has 4 aromatic carbocycles. The van der Waals surface area contributed by atoms with Gasteiger partial charge in [0.1, 0.15) is 11.6 Å². The zero-order valence-corrected chi connectivity index (χ0v) is 19.9. The van der Waals surface area contributed by atoms with Gasteiger partial charge in [0.25, 0.3) is 0 Å². The maximum absolute atomic E-state index is 13.3. The van der Waals surface area contributed by atoms with Crippen molar-refractivity contribution in [1.29, 1.82) is 0 Å². The predicted octanol–water partition coefficient (Wildman–Crippen LogP) is 7.78. The highest BCUT2D eigenvalue weighted by Gasteiger charge is 2.18. The molecule has 4 aromatic rings. The Labute approximate surface area is 210 Å². The fourth-order valence-electron chi connectivity index (χ4n) is 3.59. The van der Waals surface area contributed by atoms with Gasteiger partial charge in [0.15, 0.2) is 0 Å². The van der Waals surface area contributed by atoms with Crippen molar-refractivity contribution in [2.45, 2.75) is 4.90 Å². The summed E-state index contributed by atoms with van der Waals surface area (Å²) < 4.78 is 19.1. The van der Waals surface area contributed by atoms with Gasteiger partial charge >= 0.3 is 11.7 Å². The number of nitro benzene ring substituents is 1. The molecule has 0 unspecified atom stereocenters. The Bertz CT molecular complexity index is 1470. The molecule has 0 atom stereocenters. The van der Waals surface area contributed by atoms with Crippen LogP contribution in [0.5, 0.6) is 11.5 Å². The van der Waals surface area contributed by atoms with Gasteiger partial charge in [-0.2, -0.15) is 0 Å². The standard InChI is InChI=1S/C28H20FNO5S/c1-36-27-5-3-2-4-26(27)35-25-15-7-18(16-24(25)30(33)34)6-8-21-17-20(11-14-23(21)28(31)32)19-9-12-22(29)13-10-19/h2-17H,1H3,(H,31,32). The summed E-state index contributed by atoms with van der Waals surface area (Å²) in [6, 6.07) is 22.5. The molecule has 0 aromatic heterocycles. The zero-order valence-electron chi connectivity index (χ0n) is 19.1. The van der Waals surface area contributed by atoms with Crippen LogP contribution in [0.25, 0.3) is 23.3 Å². The van der Waals surface area contributed by atoms with Crippen LogP contribution in [0, 0.1) is 15.9 Å². The van der Waals surface area contributed by atoms with Crippen molar-refractivity contribution in [3.63, 3.8) is 0 Å². The van der Waals surface area contributed by atoms with Gasteiger partial charge in [-0.15, -0.1) is 11.8 Å². The summed E-state index contributed by atoms with van der Waals surface area (Å²) in [7, 11) is 0. The Balaban J connectivity index is 1.68. The van der Waals surface area contributed by atoms with Crippen molar-refractivity contribution in [3.05, 3.63) is 118 Å². The highest BCUT2D eigenvalue weighted by molar-refractivity contribution is 7.98. The number of hydrogen-bond donors (Lipinski definition) is 1. The summed E-state index contributed by atoms with van der Waals surface area (Å²) in [6.45, 7) is 0. The summed E-state index contributed by atoms with van der Waals surface area (Å²) in [4.78, 5) is 23.8. The maximum atomic E-state index is 13.3. The van der Waals surface area contributed by atoms with Crippen molar-refractivity contribution in [2.24, 2.45) is 0 Å². The second-order valence-electron chi connectivity index (χ2n) is 7.68. The van der Waals surface area contributed by atoms with Crippen LogP contribution in [0.2, 0.25) is 0 Å². The predicted molar refractivity (Wildman–Crippen MR) is 139 cm³/mol. The van der Waals surface area contributed by atoms with E-state index in [4.69, 9.17) is 4.74 Å². The minimum atomic E-state index is -1.11. The Hall–Kier alpha value is -4.43. The van der Waals surface area contributed by atoms with E-state index in [0.717, 1.165) is 10.5 Å². The van der Waals surface area contributed by atoms with E-state index in [1.54, 1.807) is 54.6 Å². The molecule has 0 spiro atoms. The second-order valence-corrected chi connectivity index (χ2v) is 8.53. The average Bonchev–Trinajstić information content (AvgIpc) is 2.88. The third kappa shape index (κ3) is 5.61. The molecule has 0 aliphatic heterocycles. The number of aromatic carboxylic acids is 1. The van der Waals surface area contributed by atoms with Crippen LogP contribution in [0.3, 0.4) is 0 Å². The van der Waals surface area contributed by atoms with Gasteiger partial charge in [-0.05, 0) is 71.0 Å². The number of carboxylic acid groups (broad SMARTS) is 1. The molecule has 4 rings (SSSR count). The van der Waals surface area contributed by atoms with E-state index >= 15 is 0 Å². The molecule has 0 fully saturated rings. The molecule has 0 heterocycles. The zero-order chi connectivity index (χ0) is 25.7. The number of nitrogens with zero attached hydrogens (tertiary/aromatic N) is 1. The number of ether oxygens (including phenoxy) is 1. The molecule has 36 heavy (non-hydrogen) atoms. The summed E-state index contributed by atoms with van der Waals surface area (Å²) in [5.41, 5.74) is 2.19. The van der Waals surface area contributed by atoms with E-state index < -0.39 is 10.9 Å². The third-order valence-electron chi connectivity index (χ3n) is 5.38. The lowest BCUT2D eigenvalue weighted by atomic mass is 9.98. The van der Waals surface area contributed by atoms with Crippen molar-refractivity contribution >= 4 is 35.6 Å². The lowest BCUT2D eigenvalue weighted by molar-refractivity contribution is -0.385. The number of benzene rings is 4. The monoisotopic (exact) mass is 501 g/mol. The van der Waals surface area contributed by atoms with E-state index in [1.807, 2.05) is 18.4 Å². The van der Waals surface area contributed by atoms with Crippen molar-refractivity contribution in [2.75, 3.05) is 6.26 Å². The van der Waals surface area contributed by atoms with Crippen molar-refractivity contribution in [1.82, 2.24) is 0 Å². The average molecular weight is 502 g/mol. The van der Waals surface area contributed by atoms with Crippen LogP contribution >= 0.6 is 11.8 Å². The number of thioether (sulfide) groups is 1. The van der Waals surface area contributed by atoms with Gasteiger partial charge in [0.05, 0.1) is 10.5 Å². The molecule has 180 valence electrons. The van der Waals surface area contributed by atoms with Crippen LogP contribution in [0.4, 0.5) is 10.1 Å². The van der Waals surface area contributed by atoms with Crippen LogP contribution in [-0.2, 0) is 0 Å². The summed E-state index contributed by atoms with van der Waals surface area (Å²) >= 11 is 1.47. The molecule has 0 radical (unpaired) electrons. The number of carboxylic acids is 1. The van der Waals surface area contributed by atoms with E-state index in [1.165, 1.54) is 42.1 Å². The first kappa shape index (κ1) is 24.7. The first-order chi connectivity index (χ1) is 17.4. The number of rotatable bonds is 8. The molecule has 0 aliphatic rings. The fraction of sp³-hybridized carbons (Fsp3) is 0.0357. The summed E-state index contributed by atoms with van der Waals surface area (Å²) in [5.74, 6) is -0.863. The number of nitro groups is 1. The molecule has 0 saturated carbocycles. The quantitative estimate of drug-likeness (QED) is 0.115. The Kier molecular flexibility index (Phi) is 7.46. The Morgan fingerprint density at radius 2 is 1.67 bits per heavy atom. The molecule has 1 N–H and O–H groups in total. The normalized spacial score (nSPS) is 10.9. The lowest BCUT2D eigenvalue weighted by Gasteiger charge is -2.10. The lowest BCUT2D eigenvalue weighted by Crippen LogP contribution is -1.99. The molecular weight excluding hydrogens is 481 g/mol. The first-order valence-electron chi connectivity index (χ1n) is 10.8. The number of carbonyl (C=O) groups is 1. The number of halogens is 1. The SMILES string of the molecule is CSc1ccccc1Oc1ccc(C=Cc2cc(-c3ccc(F)cc3)ccc2C(=O)O)cc1[N+](=O)[O-]. The Morgan fingerprint density at radius 3 is 2.36 bits per heavy atom. The molecule has 0 amide bonds. The van der Waals surface area contributed by atoms with Gasteiger partial charge in [0.2, 0.25) is 5.75 Å². The largest absolute Gasteiger partial charge is 0.478 e. The van der Waals surface area contributed by atoms with Crippen LogP contribution in [0.1, 0.15) is 21.5 Å². The molecule has 8 heteroatoms. The van der Waals surface area contributed by atoms with Gasteiger partial charge < -0.3 is 9.84 Å². The smallest absolute Gasteiger partial charge is 0.336 e. The Morgan fingerprint density at radius 1 is 0.944 bits per heavy atom. The topological polar surface area (TPSA) is 89.7 Å². The van der Waals surface area contributed by atoms with E-state index in [2.05, 4.69) is 0 Å². The van der Waals surface area contributed by atoms with Gasteiger partial charge in [-0.1, -0.05) is 48.6 Å². The van der Waals surface area contributed by atoms with E-state index in [9.17, 15) is 24.4 Å². The molecule has 0 bridgehead atoms. The molecule has 0 aliphatic carbocycles. The number of hydrogen-bond acceptors (Lipinski definition) is 5. The van der Waals surface area contributed by atoms with Crippen LogP contribution in [-0.4, -0.2) is 22.3 Å². The fourth-order valence-corrected chi connectivity index (χ4v) is 4.12. The van der Waals surface area contributed by atoms with Gasteiger partial charge in [-0.3, -0.25) is 10.1 Å². The summed E-state index contributed by atoms with van der Waals surface area (Å²) in [5, 5.41) is 21.4. The van der Waals surface area contributed by atoms with Crippen molar-refractivity contribution < 1.29 is 24.0 Å². The van der Waals surface area contributed by atoms with Gasteiger partial charge in [-0.25, -0.2) is 9.18 Å².